The van der Waals surface area contributed by atoms with Gasteiger partial charge < -0.3 is 14.2 Å². The molecule has 8 heteroatoms. The summed E-state index contributed by atoms with van der Waals surface area (Å²) >= 11 is 1.44. The van der Waals surface area contributed by atoms with Gasteiger partial charge in [-0.25, -0.2) is 15.0 Å². The molecule has 1 amide bonds. The van der Waals surface area contributed by atoms with Crippen molar-refractivity contribution in [2.45, 2.75) is 0 Å². The molecule has 1 aliphatic heterocycles. The van der Waals surface area contributed by atoms with Gasteiger partial charge in [0, 0.05) is 37.3 Å². The van der Waals surface area contributed by atoms with Crippen molar-refractivity contribution in [3.63, 3.8) is 0 Å². The lowest BCUT2D eigenvalue weighted by atomic mass is 10.1. The van der Waals surface area contributed by atoms with E-state index in [1.165, 1.54) is 11.3 Å². The van der Waals surface area contributed by atoms with E-state index in [-0.39, 0.29) is 5.91 Å². The highest BCUT2D eigenvalue weighted by atomic mass is 32.1. The van der Waals surface area contributed by atoms with E-state index in [1.807, 2.05) is 40.8 Å². The lowest BCUT2D eigenvalue weighted by Crippen LogP contribution is -2.40. The number of amides is 1. The Morgan fingerprint density at radius 3 is 2.89 bits per heavy atom. The fourth-order valence-corrected chi connectivity index (χ4v) is 4.25. The molecule has 0 aliphatic carbocycles. The molecule has 0 spiro atoms. The van der Waals surface area contributed by atoms with Gasteiger partial charge in [0.2, 0.25) is 0 Å². The largest absolute Gasteiger partial charge is 0.378 e. The lowest BCUT2D eigenvalue weighted by Gasteiger charge is -2.26. The van der Waals surface area contributed by atoms with Crippen molar-refractivity contribution in [2.24, 2.45) is 7.05 Å². The van der Waals surface area contributed by atoms with Crippen LogP contribution in [-0.2, 0) is 11.8 Å². The predicted molar refractivity (Wildman–Crippen MR) is 104 cm³/mol. The zero-order valence-electron chi connectivity index (χ0n) is 14.8. The van der Waals surface area contributed by atoms with Gasteiger partial charge in [-0.1, -0.05) is 0 Å². The average Bonchev–Trinajstić information content (AvgIpc) is 3.31. The Bertz CT molecular complexity index is 1160. The lowest BCUT2D eigenvalue weighted by molar-refractivity contribution is 0.0306. The monoisotopic (exact) mass is 379 g/mol. The average molecular weight is 379 g/mol. The zero-order valence-corrected chi connectivity index (χ0v) is 15.6. The molecule has 5 heterocycles. The number of hydrogen-bond acceptors (Lipinski definition) is 6. The maximum atomic E-state index is 12.7. The first-order chi connectivity index (χ1) is 13.2. The Morgan fingerprint density at radius 1 is 1.19 bits per heavy atom. The number of carbonyl (C=O) groups is 1. The number of rotatable bonds is 2. The molecule has 4 aromatic rings. The van der Waals surface area contributed by atoms with Crippen LogP contribution in [0.5, 0.6) is 0 Å². The second-order valence-electron chi connectivity index (χ2n) is 6.53. The smallest absolute Gasteiger partial charge is 0.264 e. The van der Waals surface area contributed by atoms with Crippen LogP contribution in [0.2, 0.25) is 0 Å². The maximum Gasteiger partial charge on any atom is 0.264 e. The van der Waals surface area contributed by atoms with Crippen molar-refractivity contribution in [2.75, 3.05) is 26.3 Å². The van der Waals surface area contributed by atoms with Crippen molar-refractivity contribution in [1.29, 1.82) is 0 Å². The normalized spacial score (nSPS) is 14.9. The molecular weight excluding hydrogens is 362 g/mol. The van der Waals surface area contributed by atoms with Gasteiger partial charge in [0.05, 0.1) is 35.6 Å². The second kappa shape index (κ2) is 6.40. The summed E-state index contributed by atoms with van der Waals surface area (Å²) in [5.41, 5.74) is 3.45. The Kier molecular flexibility index (Phi) is 3.87. The van der Waals surface area contributed by atoms with E-state index in [0.29, 0.717) is 26.3 Å². The first-order valence-corrected chi connectivity index (χ1v) is 9.56. The van der Waals surface area contributed by atoms with Crippen molar-refractivity contribution >= 4 is 38.6 Å². The number of hydrogen-bond donors (Lipinski definition) is 0. The highest BCUT2D eigenvalue weighted by molar-refractivity contribution is 7.20. The molecule has 7 nitrogen and oxygen atoms in total. The van der Waals surface area contributed by atoms with E-state index in [4.69, 9.17) is 9.72 Å². The summed E-state index contributed by atoms with van der Waals surface area (Å²) in [5, 5.41) is 0.981. The van der Waals surface area contributed by atoms with Crippen LogP contribution in [0.15, 0.2) is 36.8 Å². The minimum atomic E-state index is 0.0563. The van der Waals surface area contributed by atoms with Crippen LogP contribution in [0.25, 0.3) is 32.6 Å². The minimum Gasteiger partial charge on any atom is -0.378 e. The number of thiophene rings is 1. The standard InChI is InChI=1S/C19H17N5O2S/c1-23-11-21-17-15(23)8-13(10-20-17)14-3-2-12-9-16(27-18(12)22-14)19(25)24-4-6-26-7-5-24/h2-3,8-11H,4-7H2,1H3. The second-order valence-corrected chi connectivity index (χ2v) is 7.56. The molecular formula is C19H17N5O2S. The quantitative estimate of drug-likeness (QED) is 0.535. The molecule has 0 unspecified atom stereocenters. The summed E-state index contributed by atoms with van der Waals surface area (Å²) in [4.78, 5) is 29.6. The number of morpholine rings is 1. The van der Waals surface area contributed by atoms with Crippen LogP contribution in [-0.4, -0.2) is 56.6 Å². The van der Waals surface area contributed by atoms with Gasteiger partial charge >= 0.3 is 0 Å². The van der Waals surface area contributed by atoms with Crippen LogP contribution in [0.1, 0.15) is 9.67 Å². The number of carbonyl (C=O) groups excluding carboxylic acids is 1. The number of imidazole rings is 1. The summed E-state index contributed by atoms with van der Waals surface area (Å²) in [6, 6.07) is 7.95. The van der Waals surface area contributed by atoms with E-state index in [0.717, 1.165) is 37.5 Å². The van der Waals surface area contributed by atoms with Gasteiger partial charge in [0.1, 0.15) is 4.83 Å². The molecule has 1 aliphatic rings. The molecule has 1 saturated heterocycles. The van der Waals surface area contributed by atoms with Gasteiger partial charge in [-0.05, 0) is 24.3 Å². The molecule has 0 aromatic carbocycles. The summed E-state index contributed by atoms with van der Waals surface area (Å²) in [6.07, 6.45) is 3.54. The molecule has 27 heavy (non-hydrogen) atoms. The highest BCUT2D eigenvalue weighted by Crippen LogP contribution is 2.29. The third-order valence-corrected chi connectivity index (χ3v) is 5.80. The fraction of sp³-hybridized carbons (Fsp3) is 0.263. The summed E-state index contributed by atoms with van der Waals surface area (Å²) in [5.74, 6) is 0.0563. The topological polar surface area (TPSA) is 73.1 Å². The zero-order chi connectivity index (χ0) is 18.4. The Hall–Kier alpha value is -2.84. The van der Waals surface area contributed by atoms with E-state index < -0.39 is 0 Å². The summed E-state index contributed by atoms with van der Waals surface area (Å²) in [7, 11) is 1.94. The van der Waals surface area contributed by atoms with Crippen LogP contribution in [0, 0.1) is 0 Å². The third kappa shape index (κ3) is 2.87. The molecule has 5 rings (SSSR count). The summed E-state index contributed by atoms with van der Waals surface area (Å²) < 4.78 is 7.27. The van der Waals surface area contributed by atoms with Crippen LogP contribution in [0.3, 0.4) is 0 Å². The highest BCUT2D eigenvalue weighted by Gasteiger charge is 2.21. The molecule has 136 valence electrons. The fourth-order valence-electron chi connectivity index (χ4n) is 3.25. The van der Waals surface area contributed by atoms with E-state index >= 15 is 0 Å². The first kappa shape index (κ1) is 16.3. The number of ether oxygens (including phenoxy) is 1. The van der Waals surface area contributed by atoms with Crippen LogP contribution < -0.4 is 0 Å². The number of aromatic nitrogens is 4. The van der Waals surface area contributed by atoms with Crippen molar-refractivity contribution in [1.82, 2.24) is 24.4 Å². The van der Waals surface area contributed by atoms with E-state index in [2.05, 4.69) is 9.97 Å². The third-order valence-electron chi connectivity index (χ3n) is 4.77. The molecule has 4 aromatic heterocycles. The van der Waals surface area contributed by atoms with E-state index in [9.17, 15) is 4.79 Å². The maximum absolute atomic E-state index is 12.7. The van der Waals surface area contributed by atoms with E-state index in [1.54, 1.807) is 12.5 Å². The molecule has 0 radical (unpaired) electrons. The van der Waals surface area contributed by atoms with Crippen LogP contribution in [0.4, 0.5) is 0 Å². The first-order valence-electron chi connectivity index (χ1n) is 8.74. The van der Waals surface area contributed by atoms with Crippen molar-refractivity contribution in [3.8, 4) is 11.3 Å². The molecule has 0 atom stereocenters. The SMILES string of the molecule is Cn1cnc2ncc(-c3ccc4cc(C(=O)N5CCOCC5)sc4n3)cc21. The summed E-state index contributed by atoms with van der Waals surface area (Å²) in [6.45, 7) is 2.48. The Balaban J connectivity index is 1.51. The number of fused-ring (bicyclic) bond motifs is 2. The number of pyridine rings is 2. The molecule has 0 N–H and O–H groups in total. The predicted octanol–water partition coefficient (Wildman–Crippen LogP) is 2.72. The number of aryl methyl sites for hydroxylation is 1. The Morgan fingerprint density at radius 2 is 2.04 bits per heavy atom. The van der Waals surface area contributed by atoms with Crippen LogP contribution >= 0.6 is 11.3 Å². The molecule has 1 fully saturated rings. The Labute approximate surface area is 159 Å². The minimum absolute atomic E-state index is 0.0563. The van der Waals surface area contributed by atoms with Gasteiger partial charge in [-0.15, -0.1) is 11.3 Å². The van der Waals surface area contributed by atoms with Gasteiger partial charge in [0.25, 0.3) is 5.91 Å². The van der Waals surface area contributed by atoms with Gasteiger partial charge in [0.15, 0.2) is 5.65 Å². The molecule has 0 bridgehead atoms. The molecule has 0 saturated carbocycles. The van der Waals surface area contributed by atoms with Gasteiger partial charge in [-0.2, -0.15) is 0 Å². The number of nitrogens with zero attached hydrogens (tertiary/aromatic N) is 5. The van der Waals surface area contributed by atoms with Gasteiger partial charge in [-0.3, -0.25) is 4.79 Å². The van der Waals surface area contributed by atoms with Crippen molar-refractivity contribution < 1.29 is 9.53 Å². The van der Waals surface area contributed by atoms with Crippen molar-refractivity contribution in [3.05, 3.63) is 41.7 Å².